The number of ether oxygens (including phenoxy) is 3. The first-order valence-electron chi connectivity index (χ1n) is 42.1. The highest BCUT2D eigenvalue weighted by molar-refractivity contribution is 7.47. The van der Waals surface area contributed by atoms with E-state index >= 15 is 0 Å². The lowest BCUT2D eigenvalue weighted by molar-refractivity contribution is -0.161. The molecule has 0 saturated heterocycles. The Hall–Kier alpha value is -4.57. The van der Waals surface area contributed by atoms with Crippen LogP contribution in [0, 0.1) is 0 Å². The number of carbonyl (C=O) groups excluding carboxylic acids is 3. The van der Waals surface area contributed by atoms with Crippen LogP contribution < -0.4 is 0 Å². The number of rotatable bonds is 79. The summed E-state index contributed by atoms with van der Waals surface area (Å²) in [7, 11) is -9.80. The number of esters is 3. The molecule has 4 N–H and O–H groups in total. The standard InChI is InChI=1S/C89H152O16P2/c1-4-7-10-13-16-19-22-25-27-29-31-33-35-37-38-39-40-41-42-43-44-46-48-49-51-53-55-58-60-63-66-69-72-75-87(92)99-78-84(90)79-101-106(95,96)102-80-85(91)81-103-107(97,98)104-83-86(105-89(94)77-74-71-68-65-62-57-24-21-18-15-12-9-6-3)82-100-88(93)76-73-70-67-64-61-59-56-54-52-50-47-45-36-34-32-30-28-26-23-20-17-14-11-8-5-2/h7-8,10-11,16-17,19-21,24-28,31-34,37-38,40-41,45,47,84-86,90-91H,4-6,9,12-15,18,22-23,29-30,35-36,39,42-44,46,48-83H2,1-3H3,(H,95,96)(H,97,98)/b10-7-,11-8-,19-16-,20-17-,24-21-,27-25-,28-26-,33-31-,34-32-,38-37-,41-40-,47-45-. The number of hydrogen-bond donors (Lipinski definition) is 4. The largest absolute Gasteiger partial charge is 0.472 e. The third kappa shape index (κ3) is 82.2. The average molecular weight is 1540 g/mol. The fraction of sp³-hybridized carbons (Fsp3) is 0.697. The molecule has 0 bridgehead atoms. The van der Waals surface area contributed by atoms with E-state index in [2.05, 4.69) is 167 Å². The summed E-state index contributed by atoms with van der Waals surface area (Å²) in [5.41, 5.74) is 0. The van der Waals surface area contributed by atoms with Gasteiger partial charge in [0.15, 0.2) is 6.10 Å². The second kappa shape index (κ2) is 80.9. The smallest absolute Gasteiger partial charge is 0.463 e. The maximum Gasteiger partial charge on any atom is 0.472 e. The van der Waals surface area contributed by atoms with Crippen LogP contribution in [-0.4, -0.2) is 95.9 Å². The van der Waals surface area contributed by atoms with Crippen molar-refractivity contribution in [1.29, 1.82) is 0 Å². The SMILES string of the molecule is CC/C=C\C/C=C\C/C=C\C/C=C\C/C=C\C/C=C\CCCCCCCCCCCCCCCCC(=O)OCC(O)COP(=O)(O)OCC(O)COP(=O)(O)OCC(COC(=O)CCCCCCCCCCC/C=C\C/C=C\C/C=C\C/C=C\C/C=C\CC)OC(=O)CCCCCCC/C=C\CCCCCC. The zero-order valence-electron chi connectivity index (χ0n) is 67.3. The zero-order valence-corrected chi connectivity index (χ0v) is 69.1. The molecule has 18 heteroatoms. The molecule has 0 rings (SSSR count). The predicted octanol–water partition coefficient (Wildman–Crippen LogP) is 25.2. The number of allylic oxidation sites excluding steroid dienone is 24. The zero-order chi connectivity index (χ0) is 78.0. The second-order valence-corrected chi connectivity index (χ2v) is 30.8. The molecule has 0 aliphatic carbocycles. The van der Waals surface area contributed by atoms with Crippen LogP contribution in [0.25, 0.3) is 0 Å². The summed E-state index contributed by atoms with van der Waals surface area (Å²) in [5, 5.41) is 20.7. The topological polar surface area (TPSA) is 231 Å². The van der Waals surface area contributed by atoms with E-state index in [1.165, 1.54) is 116 Å². The van der Waals surface area contributed by atoms with Gasteiger partial charge in [-0.3, -0.25) is 32.5 Å². The Morgan fingerprint density at radius 3 is 0.794 bits per heavy atom. The molecular weight excluding hydrogens is 1390 g/mol. The van der Waals surface area contributed by atoms with Crippen LogP contribution >= 0.6 is 15.6 Å². The van der Waals surface area contributed by atoms with E-state index in [1.54, 1.807) is 0 Å². The van der Waals surface area contributed by atoms with Crippen LogP contribution in [0.1, 0.15) is 342 Å². The van der Waals surface area contributed by atoms with Crippen LogP contribution in [-0.2, 0) is 55.8 Å². The highest BCUT2D eigenvalue weighted by atomic mass is 31.2. The Morgan fingerprint density at radius 1 is 0.271 bits per heavy atom. The molecule has 0 heterocycles. The Labute approximate surface area is 651 Å². The van der Waals surface area contributed by atoms with Gasteiger partial charge in [0.25, 0.3) is 0 Å². The van der Waals surface area contributed by atoms with Gasteiger partial charge in [0.05, 0.1) is 26.4 Å². The van der Waals surface area contributed by atoms with E-state index in [9.17, 15) is 43.5 Å². The third-order valence-corrected chi connectivity index (χ3v) is 19.4. The first kappa shape index (κ1) is 102. The first-order valence-corrected chi connectivity index (χ1v) is 45.1. The molecule has 5 unspecified atom stereocenters. The van der Waals surface area contributed by atoms with E-state index in [-0.39, 0.29) is 19.3 Å². The van der Waals surface area contributed by atoms with Gasteiger partial charge in [-0.2, -0.15) is 0 Å². The van der Waals surface area contributed by atoms with Gasteiger partial charge < -0.3 is 34.2 Å². The quantitative estimate of drug-likeness (QED) is 0.0146. The van der Waals surface area contributed by atoms with Crippen molar-refractivity contribution < 1.29 is 75.8 Å². The summed E-state index contributed by atoms with van der Waals surface area (Å²) in [6.07, 6.45) is 100. The molecule has 16 nitrogen and oxygen atoms in total. The summed E-state index contributed by atoms with van der Waals surface area (Å²) in [6.45, 7) is 2.44. The molecule has 0 radical (unpaired) electrons. The van der Waals surface area contributed by atoms with E-state index in [0.717, 1.165) is 167 Å². The van der Waals surface area contributed by atoms with Crippen molar-refractivity contribution in [3.05, 3.63) is 146 Å². The normalized spacial score (nSPS) is 14.6. The van der Waals surface area contributed by atoms with Crippen molar-refractivity contribution in [2.45, 2.75) is 360 Å². The van der Waals surface area contributed by atoms with Crippen LogP contribution in [0.4, 0.5) is 0 Å². The van der Waals surface area contributed by atoms with Gasteiger partial charge in [0.2, 0.25) is 0 Å². The van der Waals surface area contributed by atoms with Gasteiger partial charge >= 0.3 is 33.6 Å². The lowest BCUT2D eigenvalue weighted by Gasteiger charge is -2.21. The van der Waals surface area contributed by atoms with E-state index in [0.29, 0.717) is 19.3 Å². The Morgan fingerprint density at radius 2 is 0.495 bits per heavy atom. The van der Waals surface area contributed by atoms with E-state index in [4.69, 9.17) is 32.3 Å². The minimum absolute atomic E-state index is 0.0914. The van der Waals surface area contributed by atoms with Crippen molar-refractivity contribution in [3.63, 3.8) is 0 Å². The Bertz CT molecular complexity index is 2530. The average Bonchev–Trinajstić information content (AvgIpc) is 0.908. The summed E-state index contributed by atoms with van der Waals surface area (Å²) >= 11 is 0. The maximum absolute atomic E-state index is 13.0. The van der Waals surface area contributed by atoms with E-state index in [1.807, 2.05) is 0 Å². The maximum atomic E-state index is 13.0. The molecule has 0 aliphatic rings. The summed E-state index contributed by atoms with van der Waals surface area (Å²) in [4.78, 5) is 58.7. The molecule has 0 aromatic carbocycles. The molecule has 0 fully saturated rings. The molecule has 0 aromatic rings. The number of phosphoric acid groups is 2. The van der Waals surface area contributed by atoms with Crippen molar-refractivity contribution in [2.75, 3.05) is 39.6 Å². The number of unbranched alkanes of at least 4 members (excludes halogenated alkanes) is 32. The monoisotopic (exact) mass is 1540 g/mol. The molecule has 0 spiro atoms. The fourth-order valence-corrected chi connectivity index (χ4v) is 12.8. The molecule has 0 aromatic heterocycles. The Balaban J connectivity index is 4.44. The van der Waals surface area contributed by atoms with Crippen LogP contribution in [0.2, 0.25) is 0 Å². The van der Waals surface area contributed by atoms with Crippen LogP contribution in [0.15, 0.2) is 146 Å². The van der Waals surface area contributed by atoms with Gasteiger partial charge in [-0.1, -0.05) is 327 Å². The molecule has 5 atom stereocenters. The number of hydrogen-bond acceptors (Lipinski definition) is 14. The van der Waals surface area contributed by atoms with Crippen molar-refractivity contribution >= 4 is 33.6 Å². The minimum Gasteiger partial charge on any atom is -0.463 e. The molecule has 107 heavy (non-hydrogen) atoms. The Kier molecular flexibility index (Phi) is 77.5. The van der Waals surface area contributed by atoms with Gasteiger partial charge in [-0.25, -0.2) is 9.13 Å². The van der Waals surface area contributed by atoms with E-state index < -0.39 is 91.5 Å². The lowest BCUT2D eigenvalue weighted by Crippen LogP contribution is -2.30. The highest BCUT2D eigenvalue weighted by Gasteiger charge is 2.29. The summed E-state index contributed by atoms with van der Waals surface area (Å²) in [6, 6.07) is 0. The molecule has 0 saturated carbocycles. The third-order valence-electron chi connectivity index (χ3n) is 17.5. The number of phosphoric ester groups is 2. The number of aliphatic hydroxyl groups is 2. The van der Waals surface area contributed by atoms with Crippen molar-refractivity contribution in [3.8, 4) is 0 Å². The molecule has 0 aliphatic heterocycles. The lowest BCUT2D eigenvalue weighted by atomic mass is 10.0. The second-order valence-electron chi connectivity index (χ2n) is 27.9. The summed E-state index contributed by atoms with van der Waals surface area (Å²) in [5.74, 6) is -1.59. The van der Waals surface area contributed by atoms with Gasteiger partial charge in [-0.15, -0.1) is 0 Å². The van der Waals surface area contributed by atoms with Gasteiger partial charge in [0.1, 0.15) is 25.4 Å². The van der Waals surface area contributed by atoms with Gasteiger partial charge in [0, 0.05) is 19.3 Å². The van der Waals surface area contributed by atoms with Crippen molar-refractivity contribution in [2.24, 2.45) is 0 Å². The highest BCUT2D eigenvalue weighted by Crippen LogP contribution is 2.45. The van der Waals surface area contributed by atoms with Gasteiger partial charge in [-0.05, 0) is 141 Å². The number of carbonyl (C=O) groups is 3. The summed E-state index contributed by atoms with van der Waals surface area (Å²) < 4.78 is 61.2. The van der Waals surface area contributed by atoms with Crippen LogP contribution in [0.3, 0.4) is 0 Å². The molecule has 614 valence electrons. The molecular formula is C89H152O16P2. The van der Waals surface area contributed by atoms with Crippen LogP contribution in [0.5, 0.6) is 0 Å². The molecule has 0 amide bonds. The minimum atomic E-state index is -4.94. The fourth-order valence-electron chi connectivity index (χ4n) is 11.2. The number of aliphatic hydroxyl groups excluding tert-OH is 2. The van der Waals surface area contributed by atoms with Crippen molar-refractivity contribution in [1.82, 2.24) is 0 Å². The predicted molar refractivity (Wildman–Crippen MR) is 445 cm³/mol. The first-order chi connectivity index (χ1) is 52.2.